The molecule has 558 valence electrons. The van der Waals surface area contributed by atoms with Crippen LogP contribution >= 0.6 is 35.3 Å². The summed E-state index contributed by atoms with van der Waals surface area (Å²) >= 11 is 4.09. The third-order valence-electron chi connectivity index (χ3n) is 17.6. The van der Waals surface area contributed by atoms with E-state index in [1.54, 1.807) is 45.0 Å². The summed E-state index contributed by atoms with van der Waals surface area (Å²) in [4.78, 5) is 184. The molecule has 6 rings (SSSR count). The number of benzene rings is 2. The van der Waals surface area contributed by atoms with E-state index in [0.717, 1.165) is 29.5 Å². The van der Waals surface area contributed by atoms with Crippen LogP contribution in [-0.4, -0.2) is 296 Å². The van der Waals surface area contributed by atoms with E-state index in [-0.39, 0.29) is 153 Å². The largest absolute Gasteiger partial charge is 0.480 e. The summed E-state index contributed by atoms with van der Waals surface area (Å²) in [7, 11) is 0. The van der Waals surface area contributed by atoms with E-state index < -0.39 is 126 Å². The minimum Gasteiger partial charge on any atom is -0.480 e. The van der Waals surface area contributed by atoms with Crippen molar-refractivity contribution in [1.29, 1.82) is 0 Å². The minimum atomic E-state index is -1.71. The highest BCUT2D eigenvalue weighted by molar-refractivity contribution is 7.99. The summed E-state index contributed by atoms with van der Waals surface area (Å²) in [6, 6.07) is 4.89. The second kappa shape index (κ2) is 42.7. The molecule has 0 radical (unpaired) electrons. The molecule has 31 nitrogen and oxygen atoms in total. The Balaban J connectivity index is 1.26. The van der Waals surface area contributed by atoms with Crippen LogP contribution < -0.4 is 37.6 Å². The zero-order chi connectivity index (χ0) is 73.5. The van der Waals surface area contributed by atoms with Crippen molar-refractivity contribution in [2.75, 3.05) is 115 Å². The van der Waals surface area contributed by atoms with Crippen molar-refractivity contribution in [3.05, 3.63) is 70.8 Å². The maximum Gasteiger partial charge on any atom is 0.327 e. The molecule has 3 fully saturated rings. The van der Waals surface area contributed by atoms with Crippen molar-refractivity contribution in [3.8, 4) is 0 Å². The summed E-state index contributed by atoms with van der Waals surface area (Å²) < 4.78 is 0. The summed E-state index contributed by atoms with van der Waals surface area (Å²) in [5.41, 5.74) is 8.51. The number of carbonyl (C=O) groups is 13. The fraction of sp³-hybridized carbons (Fsp3) is 0.627. The number of aliphatic carboxylic acids is 4. The molecular formula is C67H99N13O18S3. The van der Waals surface area contributed by atoms with E-state index in [9.17, 15) is 87.9 Å². The van der Waals surface area contributed by atoms with Gasteiger partial charge in [0.05, 0.1) is 32.3 Å². The Bertz CT molecular complexity index is 3150. The molecule has 8 atom stereocenters. The van der Waals surface area contributed by atoms with Crippen LogP contribution in [0, 0.1) is 0 Å². The molecule has 2 aromatic carbocycles. The van der Waals surface area contributed by atoms with Crippen LogP contribution in [0.25, 0.3) is 0 Å². The summed E-state index contributed by atoms with van der Waals surface area (Å²) in [5, 5.41) is 66.6. The number of rotatable bonds is 25. The molecule has 101 heavy (non-hydrogen) atoms. The number of primary amides is 1. The number of amides is 9. The molecule has 34 heteroatoms. The molecular weight excluding hydrogens is 1370 g/mol. The lowest BCUT2D eigenvalue weighted by atomic mass is 10.0. The summed E-state index contributed by atoms with van der Waals surface area (Å²) in [5.74, 6) is -9.44. The molecule has 4 aliphatic heterocycles. The van der Waals surface area contributed by atoms with Crippen LogP contribution in [0.3, 0.4) is 0 Å². The standard InChI is InChI=1S/C67H99N13O18S3/c1-3-4-6-15-55(83)70-50-41-100-39-46-30-45(38-99-29-18-69-56(84)34-75-21-23-76(35-57(85)86)25-27-78(37-59(89)90)28-26-77(24-22-75)36-58(87)88)31-47(32-46)40-101-42-51(67(97)98)73-62(92)49(33-44-11-7-5-8-12-44)72-61(91)48(16-17-54(68)82)71-64(94)60(43(2)81)74-63(93)52-13-9-19-79(52)66(96)53-14-10-20-80(53)65(50)95/h5,7-8,11-12,30-32,43,48-53,60,81H,3-4,6,9-10,13-29,33-42H2,1-2H3,(H2,68,82)(H,69,84)(H,70,83)(H,71,94)(H,72,91)(H,73,92)(H,74,93)(H,85,86)(H,87,88)(H,89,90)(H,97,98)/t43-,48+,49+,50+,51+,52+,53+,60+/m1/s1. The number of aliphatic hydroxyl groups excluding tert-OH is 1. The maximum atomic E-state index is 14.9. The van der Waals surface area contributed by atoms with Gasteiger partial charge in [-0.1, -0.05) is 68.3 Å². The van der Waals surface area contributed by atoms with Gasteiger partial charge in [-0.15, -0.1) is 0 Å². The highest BCUT2D eigenvalue weighted by Crippen LogP contribution is 2.28. The molecule has 9 amide bonds. The minimum absolute atomic E-state index is 0.0754. The van der Waals surface area contributed by atoms with Crippen LogP contribution in [0.4, 0.5) is 0 Å². The average molecular weight is 1470 g/mol. The molecule has 13 N–H and O–H groups in total. The molecule has 0 spiro atoms. The lowest BCUT2D eigenvalue weighted by Crippen LogP contribution is -2.61. The third kappa shape index (κ3) is 28.6. The molecule has 4 heterocycles. The number of nitrogens with two attached hydrogens (primary N) is 1. The monoisotopic (exact) mass is 1470 g/mol. The highest BCUT2D eigenvalue weighted by atomic mass is 32.2. The maximum absolute atomic E-state index is 14.9. The number of fused-ring (bicyclic) bond motifs is 4. The second-order valence-electron chi connectivity index (χ2n) is 25.8. The predicted octanol–water partition coefficient (Wildman–Crippen LogP) is -1.05. The number of hydrogen-bond donors (Lipinski definition) is 12. The number of hydrogen-bond acceptors (Lipinski definition) is 21. The first kappa shape index (κ1) is 82.4. The summed E-state index contributed by atoms with van der Waals surface area (Å²) in [6.45, 7) is 4.66. The number of thioether (sulfide) groups is 3. The molecule has 0 unspecified atom stereocenters. The molecule has 0 aliphatic carbocycles. The third-order valence-corrected chi connectivity index (χ3v) is 20.9. The van der Waals surface area contributed by atoms with Crippen molar-refractivity contribution in [2.24, 2.45) is 5.73 Å². The molecule has 4 aliphatic rings. The van der Waals surface area contributed by atoms with Gasteiger partial charge < -0.3 is 73.0 Å². The van der Waals surface area contributed by atoms with Gasteiger partial charge in [0.25, 0.3) is 0 Å². The Labute approximate surface area is 600 Å². The SMILES string of the molecule is CCCCCC(=O)N[C@H]1CSCc2cc(CSCCNC(=O)CN3CCN(CC(=O)O)CCN(CC(=O)O)CCN(CC(=O)O)CC3)cc(c2)CSC[C@@H](C(=O)O)NC(=O)[C@H](Cc2ccccc2)NC(=O)[C@H](CCC(N)=O)NC(=O)[C@H]([C@@H](C)O)NC(=O)[C@@H]2CCCN2C(=O)[C@@H]2CCCN2C1=O. The van der Waals surface area contributed by atoms with Gasteiger partial charge in [0.1, 0.15) is 42.3 Å². The van der Waals surface area contributed by atoms with Crippen molar-refractivity contribution < 1.29 is 87.9 Å². The van der Waals surface area contributed by atoms with Crippen molar-refractivity contribution in [3.63, 3.8) is 0 Å². The fourth-order valence-electron chi connectivity index (χ4n) is 12.4. The Kier molecular flexibility index (Phi) is 34.8. The van der Waals surface area contributed by atoms with E-state index in [4.69, 9.17) is 5.73 Å². The van der Waals surface area contributed by atoms with Gasteiger partial charge in [-0.2, -0.15) is 35.3 Å². The Morgan fingerprint density at radius 1 is 0.604 bits per heavy atom. The number of carboxylic acids is 4. The van der Waals surface area contributed by atoms with Gasteiger partial charge in [-0.3, -0.25) is 77.1 Å². The zero-order valence-electron chi connectivity index (χ0n) is 57.4. The van der Waals surface area contributed by atoms with E-state index >= 15 is 0 Å². The van der Waals surface area contributed by atoms with E-state index in [0.29, 0.717) is 42.1 Å². The van der Waals surface area contributed by atoms with Crippen LogP contribution in [0.15, 0.2) is 48.5 Å². The molecule has 0 aromatic heterocycles. The number of nitrogens with zero attached hydrogens (tertiary/aromatic N) is 6. The Morgan fingerprint density at radius 2 is 1.14 bits per heavy atom. The van der Waals surface area contributed by atoms with Gasteiger partial charge in [0.2, 0.25) is 53.2 Å². The number of carboxylic acid groups (broad SMARTS) is 4. The van der Waals surface area contributed by atoms with Gasteiger partial charge >= 0.3 is 23.9 Å². The zero-order valence-corrected chi connectivity index (χ0v) is 59.8. The fourth-order valence-corrected chi connectivity index (χ4v) is 15.1. The molecule has 2 bridgehead atoms. The lowest BCUT2D eigenvalue weighted by Gasteiger charge is -2.33. The van der Waals surface area contributed by atoms with E-state index in [1.165, 1.54) is 52.0 Å². The van der Waals surface area contributed by atoms with Crippen LogP contribution in [-0.2, 0) is 86.0 Å². The van der Waals surface area contributed by atoms with Crippen molar-refractivity contribution >= 4 is 112 Å². The first-order valence-electron chi connectivity index (χ1n) is 34.3. The van der Waals surface area contributed by atoms with Crippen LogP contribution in [0.1, 0.15) is 100 Å². The van der Waals surface area contributed by atoms with Crippen LogP contribution in [0.5, 0.6) is 0 Å². The van der Waals surface area contributed by atoms with Gasteiger partial charge in [-0.05, 0) is 67.7 Å². The van der Waals surface area contributed by atoms with Crippen LogP contribution in [0.2, 0.25) is 0 Å². The van der Waals surface area contributed by atoms with Crippen molar-refractivity contribution in [1.82, 2.24) is 61.3 Å². The Hall–Kier alpha value is -7.60. The molecule has 2 aromatic rings. The van der Waals surface area contributed by atoms with E-state index in [1.807, 2.05) is 30.0 Å². The predicted molar refractivity (Wildman–Crippen MR) is 378 cm³/mol. The lowest BCUT2D eigenvalue weighted by molar-refractivity contribution is -0.148. The number of unbranched alkanes of at least 4 members (excludes halogenated alkanes) is 2. The van der Waals surface area contributed by atoms with Gasteiger partial charge in [0.15, 0.2) is 0 Å². The van der Waals surface area contributed by atoms with Gasteiger partial charge in [0, 0.05) is 126 Å². The molecule has 0 saturated carbocycles. The smallest absolute Gasteiger partial charge is 0.327 e. The average Bonchev–Trinajstić information content (AvgIpc) is 1.72. The Morgan fingerprint density at radius 3 is 1.68 bits per heavy atom. The van der Waals surface area contributed by atoms with Crippen molar-refractivity contribution in [2.45, 2.75) is 150 Å². The number of nitrogens with one attached hydrogen (secondary N) is 6. The first-order valence-corrected chi connectivity index (χ1v) is 37.7. The second-order valence-corrected chi connectivity index (χ2v) is 28.9. The van der Waals surface area contributed by atoms with Gasteiger partial charge in [-0.25, -0.2) is 4.79 Å². The normalized spacial score (nSPS) is 23.4. The summed E-state index contributed by atoms with van der Waals surface area (Å²) in [6.07, 6.45) is 1.06. The quantitative estimate of drug-likeness (QED) is 0.0528. The highest BCUT2D eigenvalue weighted by Gasteiger charge is 2.45. The molecule has 3 saturated heterocycles. The number of aliphatic hydroxyl groups is 1. The topological polar surface area (TPSA) is 441 Å². The first-order chi connectivity index (χ1) is 48.3. The number of carbonyl (C=O) groups excluding carboxylic acids is 9. The van der Waals surface area contributed by atoms with E-state index in [2.05, 4.69) is 31.9 Å².